The molecule has 1 atom stereocenters. The van der Waals surface area contributed by atoms with Crippen LogP contribution < -0.4 is 9.46 Å². The summed E-state index contributed by atoms with van der Waals surface area (Å²) in [5.41, 5.74) is 1.47. The summed E-state index contributed by atoms with van der Waals surface area (Å²) in [6, 6.07) is 3.39. The van der Waals surface area contributed by atoms with Crippen molar-refractivity contribution in [2.45, 2.75) is 37.7 Å². The van der Waals surface area contributed by atoms with Crippen molar-refractivity contribution in [1.29, 1.82) is 0 Å². The van der Waals surface area contributed by atoms with E-state index in [1.807, 2.05) is 6.92 Å². The number of aryl methyl sites for hydroxylation is 2. The molecule has 0 amide bonds. The number of sulfonamides is 1. The lowest BCUT2D eigenvalue weighted by Crippen LogP contribution is -2.32. The van der Waals surface area contributed by atoms with Crippen molar-refractivity contribution in [1.82, 2.24) is 4.72 Å². The summed E-state index contributed by atoms with van der Waals surface area (Å²) in [6.45, 7) is 4.64. The fourth-order valence-electron chi connectivity index (χ4n) is 2.36. The van der Waals surface area contributed by atoms with Gasteiger partial charge in [-0.25, -0.2) is 13.1 Å². The maximum Gasteiger partial charge on any atom is 0.240 e. The first-order valence-corrected chi connectivity index (χ1v) is 8.19. The van der Waals surface area contributed by atoms with Gasteiger partial charge in [0.25, 0.3) is 0 Å². The summed E-state index contributed by atoms with van der Waals surface area (Å²) in [5, 5.41) is 0. The Hall–Kier alpha value is -1.11. The van der Waals surface area contributed by atoms with Gasteiger partial charge in [0, 0.05) is 13.2 Å². The zero-order valence-corrected chi connectivity index (χ0v) is 12.9. The SMILES string of the molecule is COc1cc(C)c(S(=O)(=O)NCC2CCCO2)cc1C. The molecule has 0 aromatic heterocycles. The molecule has 1 fully saturated rings. The van der Waals surface area contributed by atoms with E-state index in [0.717, 1.165) is 18.4 Å². The van der Waals surface area contributed by atoms with Crippen LogP contribution in [0.3, 0.4) is 0 Å². The molecule has 0 spiro atoms. The average molecular weight is 299 g/mol. The molecule has 1 unspecified atom stereocenters. The van der Waals surface area contributed by atoms with Gasteiger partial charge < -0.3 is 9.47 Å². The molecule has 0 saturated carbocycles. The van der Waals surface area contributed by atoms with Crippen molar-refractivity contribution in [3.8, 4) is 5.75 Å². The lowest BCUT2D eigenvalue weighted by molar-refractivity contribution is 0.114. The van der Waals surface area contributed by atoms with Crippen LogP contribution >= 0.6 is 0 Å². The smallest absolute Gasteiger partial charge is 0.240 e. The number of benzene rings is 1. The van der Waals surface area contributed by atoms with Gasteiger partial charge in [-0.05, 0) is 49.9 Å². The standard InChI is InChI=1S/C14H21NO4S/c1-10-8-14(11(2)7-13(10)18-3)20(16,17)15-9-12-5-4-6-19-12/h7-8,12,15H,4-6,9H2,1-3H3. The Kier molecular flexibility index (Phi) is 4.67. The predicted molar refractivity (Wildman–Crippen MR) is 76.6 cm³/mol. The molecule has 0 radical (unpaired) electrons. The van der Waals surface area contributed by atoms with Crippen LogP contribution in [-0.2, 0) is 14.8 Å². The molecule has 6 heteroatoms. The number of hydrogen-bond donors (Lipinski definition) is 1. The molecular formula is C14H21NO4S. The molecule has 0 aliphatic carbocycles. The third kappa shape index (κ3) is 3.31. The highest BCUT2D eigenvalue weighted by atomic mass is 32.2. The number of methoxy groups -OCH3 is 1. The summed E-state index contributed by atoms with van der Waals surface area (Å²) in [4.78, 5) is 0.300. The van der Waals surface area contributed by atoms with Gasteiger partial charge in [0.05, 0.1) is 18.1 Å². The van der Waals surface area contributed by atoms with Crippen molar-refractivity contribution in [3.63, 3.8) is 0 Å². The van der Waals surface area contributed by atoms with E-state index >= 15 is 0 Å². The maximum absolute atomic E-state index is 12.4. The van der Waals surface area contributed by atoms with Crippen molar-refractivity contribution < 1.29 is 17.9 Å². The number of hydrogen-bond acceptors (Lipinski definition) is 4. The molecule has 1 N–H and O–H groups in total. The van der Waals surface area contributed by atoms with Crippen LogP contribution in [0, 0.1) is 13.8 Å². The normalized spacial score (nSPS) is 19.2. The van der Waals surface area contributed by atoms with Crippen LogP contribution in [0.25, 0.3) is 0 Å². The molecule has 20 heavy (non-hydrogen) atoms. The second-order valence-corrected chi connectivity index (χ2v) is 6.81. The summed E-state index contributed by atoms with van der Waals surface area (Å²) < 4.78 is 38.0. The van der Waals surface area contributed by atoms with E-state index in [4.69, 9.17) is 9.47 Å². The molecule has 1 aromatic rings. The fraction of sp³-hybridized carbons (Fsp3) is 0.571. The molecular weight excluding hydrogens is 278 g/mol. The van der Waals surface area contributed by atoms with Crippen LogP contribution in [-0.4, -0.2) is 34.8 Å². The molecule has 5 nitrogen and oxygen atoms in total. The first-order valence-electron chi connectivity index (χ1n) is 6.70. The predicted octanol–water partition coefficient (Wildman–Crippen LogP) is 1.77. The minimum atomic E-state index is -3.51. The Balaban J connectivity index is 2.18. The Bertz CT molecular complexity index is 577. The van der Waals surface area contributed by atoms with E-state index in [9.17, 15) is 8.42 Å². The van der Waals surface area contributed by atoms with E-state index < -0.39 is 10.0 Å². The van der Waals surface area contributed by atoms with Gasteiger partial charge in [0.1, 0.15) is 5.75 Å². The van der Waals surface area contributed by atoms with Crippen LogP contribution in [0.1, 0.15) is 24.0 Å². The lowest BCUT2D eigenvalue weighted by atomic mass is 10.1. The Morgan fingerprint density at radius 1 is 1.35 bits per heavy atom. The van der Waals surface area contributed by atoms with Gasteiger partial charge in [0.2, 0.25) is 10.0 Å². The largest absolute Gasteiger partial charge is 0.496 e. The zero-order valence-electron chi connectivity index (χ0n) is 12.1. The van der Waals surface area contributed by atoms with Crippen LogP contribution in [0.5, 0.6) is 5.75 Å². The minimum Gasteiger partial charge on any atom is -0.496 e. The summed E-state index contributed by atoms with van der Waals surface area (Å²) in [7, 11) is -1.94. The first kappa shape index (κ1) is 15.3. The van der Waals surface area contributed by atoms with E-state index in [1.54, 1.807) is 26.2 Å². The van der Waals surface area contributed by atoms with E-state index in [2.05, 4.69) is 4.72 Å². The summed E-state index contributed by atoms with van der Waals surface area (Å²) in [5.74, 6) is 0.695. The van der Waals surface area contributed by atoms with Gasteiger partial charge in [-0.15, -0.1) is 0 Å². The van der Waals surface area contributed by atoms with Gasteiger partial charge >= 0.3 is 0 Å². The molecule has 1 aliphatic heterocycles. The zero-order chi connectivity index (χ0) is 14.8. The third-order valence-electron chi connectivity index (χ3n) is 3.51. The molecule has 1 heterocycles. The summed E-state index contributed by atoms with van der Waals surface area (Å²) >= 11 is 0. The Morgan fingerprint density at radius 2 is 2.10 bits per heavy atom. The van der Waals surface area contributed by atoms with Gasteiger partial charge in [-0.2, -0.15) is 0 Å². The van der Waals surface area contributed by atoms with Crippen molar-refractivity contribution >= 4 is 10.0 Å². The van der Waals surface area contributed by atoms with Crippen molar-refractivity contribution in [2.75, 3.05) is 20.3 Å². The first-order chi connectivity index (χ1) is 9.44. The number of ether oxygens (including phenoxy) is 2. The highest BCUT2D eigenvalue weighted by Crippen LogP contribution is 2.25. The van der Waals surface area contributed by atoms with Crippen LogP contribution in [0.4, 0.5) is 0 Å². The summed E-state index contributed by atoms with van der Waals surface area (Å²) in [6.07, 6.45) is 1.89. The highest BCUT2D eigenvalue weighted by molar-refractivity contribution is 7.89. The fourth-order valence-corrected chi connectivity index (χ4v) is 3.73. The topological polar surface area (TPSA) is 64.6 Å². The van der Waals surface area contributed by atoms with Crippen molar-refractivity contribution in [3.05, 3.63) is 23.3 Å². The maximum atomic E-state index is 12.4. The quantitative estimate of drug-likeness (QED) is 0.900. The van der Waals surface area contributed by atoms with Gasteiger partial charge in [-0.3, -0.25) is 0 Å². The molecule has 2 rings (SSSR count). The molecule has 1 aromatic carbocycles. The average Bonchev–Trinajstić information content (AvgIpc) is 2.92. The van der Waals surface area contributed by atoms with E-state index in [-0.39, 0.29) is 6.10 Å². The third-order valence-corrected chi connectivity index (χ3v) is 5.07. The molecule has 1 saturated heterocycles. The Labute approximate surface area is 120 Å². The van der Waals surface area contributed by atoms with Crippen molar-refractivity contribution in [2.24, 2.45) is 0 Å². The van der Waals surface area contributed by atoms with E-state index in [0.29, 0.717) is 29.4 Å². The number of rotatable bonds is 5. The van der Waals surface area contributed by atoms with E-state index in [1.165, 1.54) is 0 Å². The van der Waals surface area contributed by atoms with Gasteiger partial charge in [0.15, 0.2) is 0 Å². The Morgan fingerprint density at radius 3 is 2.70 bits per heavy atom. The minimum absolute atomic E-state index is 0.00979. The molecule has 1 aliphatic rings. The second-order valence-electron chi connectivity index (χ2n) is 5.07. The second kappa shape index (κ2) is 6.11. The lowest BCUT2D eigenvalue weighted by Gasteiger charge is -2.14. The van der Waals surface area contributed by atoms with Crippen LogP contribution in [0.15, 0.2) is 17.0 Å². The van der Waals surface area contributed by atoms with Gasteiger partial charge in [-0.1, -0.05) is 0 Å². The number of nitrogens with one attached hydrogen (secondary N) is 1. The molecule has 0 bridgehead atoms. The molecule has 112 valence electrons. The van der Waals surface area contributed by atoms with Crippen LogP contribution in [0.2, 0.25) is 0 Å². The monoisotopic (exact) mass is 299 g/mol. The highest BCUT2D eigenvalue weighted by Gasteiger charge is 2.22.